The average Bonchev–Trinajstić information content (AvgIpc) is 2.61. The fourth-order valence-electron chi connectivity index (χ4n) is 3.55. The number of carbonyl (C=O) groups excluding carboxylic acids is 2. The molecule has 1 aromatic rings. The van der Waals surface area contributed by atoms with Gasteiger partial charge in [-0.25, -0.2) is 0 Å². The fraction of sp³-hybridized carbons (Fsp3) is 0.636. The second-order valence-electron chi connectivity index (χ2n) is 8.55. The van der Waals surface area contributed by atoms with E-state index < -0.39 is 5.41 Å². The van der Waals surface area contributed by atoms with Gasteiger partial charge < -0.3 is 10.2 Å². The highest BCUT2D eigenvalue weighted by molar-refractivity contribution is 6.10. The number of carbonyl (C=O) groups is 2. The molecule has 1 saturated heterocycles. The molecule has 4 heteroatoms. The number of para-hydroxylation sites is 1. The molecule has 0 aliphatic carbocycles. The third-order valence-corrected chi connectivity index (χ3v) is 5.36. The van der Waals surface area contributed by atoms with Crippen LogP contribution >= 0.6 is 0 Å². The summed E-state index contributed by atoms with van der Waals surface area (Å²) in [5.41, 5.74) is 2.04. The molecule has 1 aromatic carbocycles. The third kappa shape index (κ3) is 4.28. The first-order valence-corrected chi connectivity index (χ1v) is 9.90. The molecule has 0 bridgehead atoms. The Kier molecular flexibility index (Phi) is 6.48. The smallest absolute Gasteiger partial charge is 0.239 e. The van der Waals surface area contributed by atoms with Gasteiger partial charge in [0, 0.05) is 18.8 Å². The minimum atomic E-state index is -1.07. The van der Waals surface area contributed by atoms with E-state index >= 15 is 0 Å². The predicted octanol–water partition coefficient (Wildman–Crippen LogP) is 4.91. The molecule has 0 atom stereocenters. The van der Waals surface area contributed by atoms with Gasteiger partial charge in [0.2, 0.25) is 11.8 Å². The summed E-state index contributed by atoms with van der Waals surface area (Å²) in [5, 5.41) is 3.12. The van der Waals surface area contributed by atoms with Gasteiger partial charge >= 0.3 is 0 Å². The summed E-state index contributed by atoms with van der Waals surface area (Å²) in [4.78, 5) is 27.9. The molecule has 2 amide bonds. The summed E-state index contributed by atoms with van der Waals surface area (Å²) in [6, 6.07) is 6.17. The fourth-order valence-corrected chi connectivity index (χ4v) is 3.55. The van der Waals surface area contributed by atoms with Gasteiger partial charge in [-0.2, -0.15) is 0 Å². The van der Waals surface area contributed by atoms with Crippen LogP contribution in [-0.4, -0.2) is 29.8 Å². The SMILES string of the molecule is CC(C)c1cccc(C(C)C)c1NC(=O)C(C)(C)C(=O)N1CCCCC1. The van der Waals surface area contributed by atoms with Crippen LogP contribution in [0.3, 0.4) is 0 Å². The van der Waals surface area contributed by atoms with Gasteiger partial charge in [0.25, 0.3) is 0 Å². The molecule has 144 valence electrons. The molecule has 0 aromatic heterocycles. The normalized spacial score (nSPS) is 15.5. The van der Waals surface area contributed by atoms with Gasteiger partial charge in [0.05, 0.1) is 0 Å². The van der Waals surface area contributed by atoms with Gasteiger partial charge in [-0.3, -0.25) is 9.59 Å². The second-order valence-corrected chi connectivity index (χ2v) is 8.55. The summed E-state index contributed by atoms with van der Waals surface area (Å²) >= 11 is 0. The predicted molar refractivity (Wildman–Crippen MR) is 107 cm³/mol. The zero-order chi connectivity index (χ0) is 19.5. The van der Waals surface area contributed by atoms with Crippen molar-refractivity contribution in [2.75, 3.05) is 18.4 Å². The quantitative estimate of drug-likeness (QED) is 0.760. The van der Waals surface area contributed by atoms with Crippen molar-refractivity contribution in [3.63, 3.8) is 0 Å². The number of benzene rings is 1. The average molecular weight is 359 g/mol. The number of likely N-dealkylation sites (tertiary alicyclic amines) is 1. The van der Waals surface area contributed by atoms with Crippen LogP contribution in [0.25, 0.3) is 0 Å². The van der Waals surface area contributed by atoms with Crippen LogP contribution in [0.1, 0.15) is 83.8 Å². The Hall–Kier alpha value is -1.84. The van der Waals surface area contributed by atoms with Crippen LogP contribution in [-0.2, 0) is 9.59 Å². The first-order chi connectivity index (χ1) is 12.2. The van der Waals surface area contributed by atoms with Crippen molar-refractivity contribution in [1.82, 2.24) is 4.90 Å². The highest BCUT2D eigenvalue weighted by atomic mass is 16.2. The lowest BCUT2D eigenvalue weighted by atomic mass is 9.87. The number of rotatable bonds is 5. The van der Waals surface area contributed by atoms with Gasteiger partial charge in [-0.05, 0) is 56.1 Å². The molecule has 0 radical (unpaired) electrons. The molecule has 1 aliphatic heterocycles. The Bertz CT molecular complexity index is 630. The molecular formula is C22H34N2O2. The molecule has 2 rings (SSSR count). The van der Waals surface area contributed by atoms with Gasteiger partial charge in [-0.1, -0.05) is 45.9 Å². The zero-order valence-corrected chi connectivity index (χ0v) is 17.2. The summed E-state index contributed by atoms with van der Waals surface area (Å²) in [6.45, 7) is 13.5. The molecule has 1 aliphatic rings. The zero-order valence-electron chi connectivity index (χ0n) is 17.2. The molecule has 1 heterocycles. The summed E-state index contributed by atoms with van der Waals surface area (Å²) in [7, 11) is 0. The first kappa shape index (κ1) is 20.5. The minimum absolute atomic E-state index is 0.0668. The number of anilines is 1. The van der Waals surface area contributed by atoms with E-state index in [0.29, 0.717) is 11.8 Å². The topological polar surface area (TPSA) is 49.4 Å². The second kappa shape index (κ2) is 8.24. The Morgan fingerprint density at radius 3 is 1.92 bits per heavy atom. The van der Waals surface area contributed by atoms with Crippen molar-refractivity contribution < 1.29 is 9.59 Å². The Balaban J connectivity index is 2.29. The molecule has 0 saturated carbocycles. The number of nitrogens with zero attached hydrogens (tertiary/aromatic N) is 1. The van der Waals surface area contributed by atoms with Gasteiger partial charge in [-0.15, -0.1) is 0 Å². The van der Waals surface area contributed by atoms with Crippen molar-refractivity contribution in [2.45, 2.75) is 72.6 Å². The van der Waals surface area contributed by atoms with Crippen molar-refractivity contribution in [3.05, 3.63) is 29.3 Å². The van der Waals surface area contributed by atoms with Crippen LogP contribution in [0.15, 0.2) is 18.2 Å². The Morgan fingerprint density at radius 2 is 1.46 bits per heavy atom. The molecule has 1 N–H and O–H groups in total. The van der Waals surface area contributed by atoms with Gasteiger partial charge in [0.1, 0.15) is 5.41 Å². The van der Waals surface area contributed by atoms with E-state index in [1.807, 2.05) is 11.0 Å². The van der Waals surface area contributed by atoms with E-state index in [0.717, 1.165) is 49.2 Å². The maximum absolute atomic E-state index is 13.1. The van der Waals surface area contributed by atoms with Gasteiger partial charge in [0.15, 0.2) is 0 Å². The van der Waals surface area contributed by atoms with Crippen LogP contribution in [0.2, 0.25) is 0 Å². The summed E-state index contributed by atoms with van der Waals surface area (Å²) in [5.74, 6) is 0.306. The molecule has 0 unspecified atom stereocenters. The maximum Gasteiger partial charge on any atom is 0.239 e. The monoisotopic (exact) mass is 358 g/mol. The van der Waals surface area contributed by atoms with Crippen LogP contribution < -0.4 is 5.32 Å². The third-order valence-electron chi connectivity index (χ3n) is 5.36. The standard InChI is InChI=1S/C22H34N2O2/c1-15(2)17-11-10-12-18(16(3)4)19(17)23-20(25)22(5,6)21(26)24-13-8-7-9-14-24/h10-12,15-16H,7-9,13-14H2,1-6H3,(H,23,25). The highest BCUT2D eigenvalue weighted by Crippen LogP contribution is 2.34. The molecule has 1 fully saturated rings. The van der Waals surface area contributed by atoms with E-state index in [1.165, 1.54) is 0 Å². The lowest BCUT2D eigenvalue weighted by Crippen LogP contribution is -2.49. The largest absolute Gasteiger partial charge is 0.342 e. The first-order valence-electron chi connectivity index (χ1n) is 9.90. The number of hydrogen-bond acceptors (Lipinski definition) is 2. The highest BCUT2D eigenvalue weighted by Gasteiger charge is 2.40. The van der Waals surface area contributed by atoms with Crippen LogP contribution in [0.5, 0.6) is 0 Å². The summed E-state index contributed by atoms with van der Waals surface area (Å²) < 4.78 is 0. The molecule has 26 heavy (non-hydrogen) atoms. The number of nitrogens with one attached hydrogen (secondary N) is 1. The van der Waals surface area contributed by atoms with E-state index in [2.05, 4.69) is 45.1 Å². The molecular weight excluding hydrogens is 324 g/mol. The number of piperidine rings is 1. The Labute approximate surface area is 158 Å². The lowest BCUT2D eigenvalue weighted by Gasteiger charge is -2.34. The van der Waals surface area contributed by atoms with Crippen molar-refractivity contribution in [1.29, 1.82) is 0 Å². The van der Waals surface area contributed by atoms with E-state index in [1.54, 1.807) is 13.8 Å². The lowest BCUT2D eigenvalue weighted by molar-refractivity contribution is -0.147. The van der Waals surface area contributed by atoms with Crippen LogP contribution in [0.4, 0.5) is 5.69 Å². The Morgan fingerprint density at radius 1 is 0.962 bits per heavy atom. The van der Waals surface area contributed by atoms with Crippen molar-refractivity contribution in [3.8, 4) is 0 Å². The number of amides is 2. The van der Waals surface area contributed by atoms with Crippen molar-refractivity contribution >= 4 is 17.5 Å². The summed E-state index contributed by atoms with van der Waals surface area (Å²) in [6.07, 6.45) is 3.21. The number of hydrogen-bond donors (Lipinski definition) is 1. The van der Waals surface area contributed by atoms with Crippen molar-refractivity contribution in [2.24, 2.45) is 5.41 Å². The molecule has 4 nitrogen and oxygen atoms in total. The van der Waals surface area contributed by atoms with E-state index in [9.17, 15) is 9.59 Å². The van der Waals surface area contributed by atoms with Crippen LogP contribution in [0, 0.1) is 5.41 Å². The van der Waals surface area contributed by atoms with E-state index in [4.69, 9.17) is 0 Å². The molecule has 0 spiro atoms. The maximum atomic E-state index is 13.1. The van der Waals surface area contributed by atoms with E-state index in [-0.39, 0.29) is 11.8 Å². The minimum Gasteiger partial charge on any atom is -0.342 e.